The number of sulfone groups is 1. The first-order valence-corrected chi connectivity index (χ1v) is 14.9. The van der Waals surface area contributed by atoms with Gasteiger partial charge in [0.25, 0.3) is 5.91 Å². The predicted octanol–water partition coefficient (Wildman–Crippen LogP) is 1.70. The summed E-state index contributed by atoms with van der Waals surface area (Å²) in [4.78, 5) is 45.3. The molecule has 3 aromatic rings. The van der Waals surface area contributed by atoms with E-state index >= 15 is 0 Å². The van der Waals surface area contributed by atoms with Gasteiger partial charge in [-0.2, -0.15) is 4.99 Å². The molecule has 1 aromatic heterocycles. The Bertz CT molecular complexity index is 1590. The van der Waals surface area contributed by atoms with E-state index in [9.17, 15) is 22.8 Å². The topological polar surface area (TPSA) is 118 Å². The van der Waals surface area contributed by atoms with E-state index < -0.39 is 39.1 Å². The predicted molar refractivity (Wildman–Crippen MR) is 149 cm³/mol. The maximum atomic E-state index is 12.7. The summed E-state index contributed by atoms with van der Waals surface area (Å²) in [6.07, 6.45) is 5.49. The molecule has 12 heteroatoms. The quantitative estimate of drug-likeness (QED) is 0.300. The highest BCUT2D eigenvalue weighted by molar-refractivity contribution is 7.92. The summed E-state index contributed by atoms with van der Waals surface area (Å²) in [5.41, 5.74) is 2.03. The van der Waals surface area contributed by atoms with E-state index in [1.807, 2.05) is 30.3 Å². The molecule has 0 bridgehead atoms. The molecule has 0 radical (unpaired) electrons. The van der Waals surface area contributed by atoms with Crippen molar-refractivity contribution in [2.24, 2.45) is 4.99 Å². The van der Waals surface area contributed by atoms with Crippen LogP contribution in [0.4, 0.5) is 5.69 Å². The van der Waals surface area contributed by atoms with Crippen molar-refractivity contribution < 1.29 is 27.5 Å². The lowest BCUT2D eigenvalue weighted by Gasteiger charge is -2.36. The van der Waals surface area contributed by atoms with Crippen molar-refractivity contribution in [1.29, 1.82) is 0 Å². The second-order valence-corrected chi connectivity index (χ2v) is 11.9. The van der Waals surface area contributed by atoms with Gasteiger partial charge in [-0.3, -0.25) is 9.59 Å². The summed E-state index contributed by atoms with van der Waals surface area (Å²) in [5, 5.41) is 0. The van der Waals surface area contributed by atoms with Crippen LogP contribution >= 0.6 is 11.3 Å². The summed E-state index contributed by atoms with van der Waals surface area (Å²) in [7, 11) is -4.05. The van der Waals surface area contributed by atoms with E-state index in [1.54, 1.807) is 29.7 Å². The highest BCUT2D eigenvalue weighted by Gasteiger charge is 2.27. The van der Waals surface area contributed by atoms with Crippen LogP contribution in [-0.4, -0.2) is 80.0 Å². The molecule has 2 amide bonds. The molecule has 0 aliphatic carbocycles. The SMILES string of the molecule is C#CCn1c(=NC(=O)CS(=O)(=O)CC(=O)N2CCN(c3ccccc3)CC2)sc2cc(C(=O)OCC)ccc21. The molecule has 0 unspecified atom stereocenters. The number of aromatic nitrogens is 1. The van der Waals surface area contributed by atoms with E-state index in [4.69, 9.17) is 11.2 Å². The minimum absolute atomic E-state index is 0.0884. The summed E-state index contributed by atoms with van der Waals surface area (Å²) in [6, 6.07) is 14.7. The first-order valence-electron chi connectivity index (χ1n) is 12.3. The fourth-order valence-electron chi connectivity index (χ4n) is 4.25. The number of piperazine rings is 1. The van der Waals surface area contributed by atoms with Gasteiger partial charge in [0.15, 0.2) is 14.6 Å². The summed E-state index contributed by atoms with van der Waals surface area (Å²) in [6.45, 7) is 3.98. The molecule has 2 heterocycles. The Morgan fingerprint density at radius 2 is 1.77 bits per heavy atom. The number of amides is 2. The average Bonchev–Trinajstić information content (AvgIpc) is 3.24. The minimum atomic E-state index is -4.05. The number of hydrogen-bond acceptors (Lipinski definition) is 8. The molecule has 1 aliphatic rings. The van der Waals surface area contributed by atoms with Gasteiger partial charge in [0, 0.05) is 31.9 Å². The second kappa shape index (κ2) is 12.3. The molecule has 4 rings (SSSR count). The van der Waals surface area contributed by atoms with Gasteiger partial charge in [0.1, 0.15) is 11.5 Å². The zero-order valence-electron chi connectivity index (χ0n) is 21.4. The van der Waals surface area contributed by atoms with Crippen molar-refractivity contribution in [2.45, 2.75) is 13.5 Å². The molecule has 1 saturated heterocycles. The molecule has 1 aliphatic heterocycles. The number of rotatable bonds is 8. The van der Waals surface area contributed by atoms with E-state index in [-0.39, 0.29) is 18.0 Å². The van der Waals surface area contributed by atoms with Crippen LogP contribution in [-0.2, 0) is 30.7 Å². The van der Waals surface area contributed by atoms with Crippen molar-refractivity contribution in [2.75, 3.05) is 49.2 Å². The Morgan fingerprint density at radius 3 is 2.44 bits per heavy atom. The van der Waals surface area contributed by atoms with Crippen molar-refractivity contribution >= 4 is 54.9 Å². The van der Waals surface area contributed by atoms with Gasteiger partial charge >= 0.3 is 5.97 Å². The van der Waals surface area contributed by atoms with Crippen LogP contribution in [0.3, 0.4) is 0 Å². The number of hydrogen-bond donors (Lipinski definition) is 0. The van der Waals surface area contributed by atoms with Crippen LogP contribution in [0.15, 0.2) is 53.5 Å². The minimum Gasteiger partial charge on any atom is -0.462 e. The first-order chi connectivity index (χ1) is 18.7. The lowest BCUT2D eigenvalue weighted by atomic mass is 10.2. The molecule has 0 N–H and O–H groups in total. The molecular weight excluding hydrogens is 540 g/mol. The largest absolute Gasteiger partial charge is 0.462 e. The molecule has 0 spiro atoms. The monoisotopic (exact) mass is 568 g/mol. The maximum Gasteiger partial charge on any atom is 0.338 e. The number of carbonyl (C=O) groups excluding carboxylic acids is 3. The third-order valence-electron chi connectivity index (χ3n) is 6.10. The number of benzene rings is 2. The Balaban J connectivity index is 1.44. The Hall–Kier alpha value is -3.95. The van der Waals surface area contributed by atoms with E-state index in [0.717, 1.165) is 17.0 Å². The number of esters is 1. The van der Waals surface area contributed by atoms with Gasteiger partial charge in [-0.15, -0.1) is 6.42 Å². The van der Waals surface area contributed by atoms with Crippen LogP contribution in [0.25, 0.3) is 10.2 Å². The summed E-state index contributed by atoms with van der Waals surface area (Å²) >= 11 is 1.10. The molecule has 39 heavy (non-hydrogen) atoms. The highest BCUT2D eigenvalue weighted by atomic mass is 32.2. The number of terminal acetylenes is 1. The third-order valence-corrected chi connectivity index (χ3v) is 8.52. The van der Waals surface area contributed by atoms with Gasteiger partial charge < -0.3 is 19.1 Å². The number of para-hydroxylation sites is 1. The average molecular weight is 569 g/mol. The lowest BCUT2D eigenvalue weighted by molar-refractivity contribution is -0.128. The number of carbonyl (C=O) groups is 3. The fourth-order valence-corrected chi connectivity index (χ4v) is 6.44. The van der Waals surface area contributed by atoms with Crippen LogP contribution in [0.5, 0.6) is 0 Å². The number of ether oxygens (including phenoxy) is 1. The second-order valence-electron chi connectivity index (χ2n) is 8.82. The van der Waals surface area contributed by atoms with Crippen LogP contribution in [0.2, 0.25) is 0 Å². The summed E-state index contributed by atoms with van der Waals surface area (Å²) in [5.74, 6) is -1.10. The molecule has 0 saturated carbocycles. The summed E-state index contributed by atoms with van der Waals surface area (Å²) < 4.78 is 32.7. The van der Waals surface area contributed by atoms with Crippen LogP contribution in [0.1, 0.15) is 17.3 Å². The maximum absolute atomic E-state index is 12.7. The van der Waals surface area contributed by atoms with E-state index in [2.05, 4.69) is 15.8 Å². The van der Waals surface area contributed by atoms with E-state index in [0.29, 0.717) is 42.0 Å². The smallest absolute Gasteiger partial charge is 0.338 e. The number of fused-ring (bicyclic) bond motifs is 1. The van der Waals surface area contributed by atoms with Crippen LogP contribution < -0.4 is 9.70 Å². The number of anilines is 1. The van der Waals surface area contributed by atoms with Crippen molar-refractivity contribution in [1.82, 2.24) is 9.47 Å². The molecular formula is C27H28N4O6S2. The lowest BCUT2D eigenvalue weighted by Crippen LogP contribution is -2.50. The molecule has 0 atom stereocenters. The van der Waals surface area contributed by atoms with Gasteiger partial charge in [-0.05, 0) is 37.3 Å². The first kappa shape index (κ1) is 28.1. The Kier molecular flexibility index (Phi) is 8.83. The van der Waals surface area contributed by atoms with Crippen molar-refractivity contribution in [3.63, 3.8) is 0 Å². The fraction of sp³-hybridized carbons (Fsp3) is 0.333. The normalized spacial score (nSPS) is 14.3. The molecule has 2 aromatic carbocycles. The standard InChI is InChI=1S/C27H28N4O6S2/c1-3-12-31-22-11-10-20(26(34)37-4-2)17-23(22)38-27(31)28-24(32)18-39(35,36)19-25(33)30-15-13-29(14-16-30)21-8-6-5-7-9-21/h1,5-11,17H,4,12-16,18-19H2,2H3. The molecule has 204 valence electrons. The van der Waals surface area contributed by atoms with Crippen molar-refractivity contribution in [3.8, 4) is 12.3 Å². The van der Waals surface area contributed by atoms with Gasteiger partial charge in [0.2, 0.25) is 5.91 Å². The zero-order valence-corrected chi connectivity index (χ0v) is 23.0. The Morgan fingerprint density at radius 1 is 1.05 bits per heavy atom. The van der Waals surface area contributed by atoms with Crippen LogP contribution in [0, 0.1) is 12.3 Å². The third kappa shape index (κ3) is 6.93. The number of nitrogens with zero attached hydrogens (tertiary/aromatic N) is 4. The van der Waals surface area contributed by atoms with Crippen molar-refractivity contribution in [3.05, 3.63) is 58.9 Å². The number of thiazole rings is 1. The van der Waals surface area contributed by atoms with Gasteiger partial charge in [0.05, 0.1) is 28.9 Å². The highest BCUT2D eigenvalue weighted by Crippen LogP contribution is 2.20. The Labute approximate surface area is 230 Å². The van der Waals surface area contributed by atoms with Gasteiger partial charge in [-0.25, -0.2) is 13.2 Å². The van der Waals surface area contributed by atoms with E-state index in [1.165, 1.54) is 4.90 Å². The zero-order chi connectivity index (χ0) is 28.0. The molecule has 1 fully saturated rings. The molecule has 10 nitrogen and oxygen atoms in total. The van der Waals surface area contributed by atoms with Gasteiger partial charge in [-0.1, -0.05) is 35.5 Å².